The first-order chi connectivity index (χ1) is 10.7. The Morgan fingerprint density at radius 3 is 2.36 bits per heavy atom. The number of benzene rings is 2. The van der Waals surface area contributed by atoms with E-state index in [0.717, 1.165) is 11.1 Å². The number of allylic oxidation sites excluding steroid dienone is 1. The third kappa shape index (κ3) is 2.22. The summed E-state index contributed by atoms with van der Waals surface area (Å²) >= 11 is 0. The molecule has 0 atom stereocenters. The molecular weight excluding hydrogens is 280 g/mol. The minimum atomic E-state index is -0.179. The Balaban J connectivity index is 2.11. The van der Waals surface area contributed by atoms with Gasteiger partial charge in [0.05, 0.1) is 14.2 Å². The lowest BCUT2D eigenvalue weighted by Gasteiger charge is -2.11. The molecule has 0 bridgehead atoms. The van der Waals surface area contributed by atoms with Crippen LogP contribution >= 0.6 is 0 Å². The third-order valence-electron chi connectivity index (χ3n) is 3.65. The molecule has 0 fully saturated rings. The Morgan fingerprint density at radius 2 is 1.73 bits per heavy atom. The van der Waals surface area contributed by atoms with Gasteiger partial charge in [-0.3, -0.25) is 4.79 Å². The minimum Gasteiger partial charge on any atom is -0.496 e. The molecule has 0 aromatic heterocycles. The highest BCUT2D eigenvalue weighted by molar-refractivity contribution is 6.16. The fourth-order valence-corrected chi connectivity index (χ4v) is 2.50. The molecule has 112 valence electrons. The quantitative estimate of drug-likeness (QED) is 0.811. The molecule has 0 aliphatic carbocycles. The van der Waals surface area contributed by atoms with Crippen LogP contribution in [-0.4, -0.2) is 20.0 Å². The number of methoxy groups -OCH3 is 2. The van der Waals surface area contributed by atoms with Gasteiger partial charge in [0, 0.05) is 11.6 Å². The van der Waals surface area contributed by atoms with Crippen molar-refractivity contribution >= 4 is 11.9 Å². The van der Waals surface area contributed by atoms with Gasteiger partial charge in [0.1, 0.15) is 22.8 Å². The van der Waals surface area contributed by atoms with Crippen molar-refractivity contribution in [3.05, 3.63) is 58.8 Å². The van der Waals surface area contributed by atoms with Gasteiger partial charge in [0.25, 0.3) is 0 Å². The molecule has 0 N–H and O–H groups in total. The molecule has 22 heavy (non-hydrogen) atoms. The maximum atomic E-state index is 12.6. The predicted octanol–water partition coefficient (Wildman–Crippen LogP) is 3.63. The third-order valence-corrected chi connectivity index (χ3v) is 3.65. The lowest BCUT2D eigenvalue weighted by Crippen LogP contribution is -2.00. The van der Waals surface area contributed by atoms with Crippen LogP contribution in [-0.2, 0) is 0 Å². The Hall–Kier alpha value is -2.75. The van der Waals surface area contributed by atoms with Crippen molar-refractivity contribution in [2.75, 3.05) is 14.2 Å². The van der Waals surface area contributed by atoms with Crippen molar-refractivity contribution < 1.29 is 19.0 Å². The summed E-state index contributed by atoms with van der Waals surface area (Å²) in [7, 11) is 3.10. The van der Waals surface area contributed by atoms with Gasteiger partial charge in [0.2, 0.25) is 5.78 Å². The van der Waals surface area contributed by atoms with E-state index in [2.05, 4.69) is 0 Å². The number of ether oxygens (including phenoxy) is 3. The Bertz CT molecular complexity index is 760. The second-order valence-electron chi connectivity index (χ2n) is 4.96. The number of hydrogen-bond acceptors (Lipinski definition) is 4. The Morgan fingerprint density at radius 1 is 1.05 bits per heavy atom. The van der Waals surface area contributed by atoms with E-state index in [4.69, 9.17) is 14.2 Å². The molecule has 0 amide bonds. The van der Waals surface area contributed by atoms with Gasteiger partial charge in [-0.05, 0) is 18.6 Å². The molecule has 4 nitrogen and oxygen atoms in total. The summed E-state index contributed by atoms with van der Waals surface area (Å²) in [6.45, 7) is 1.86. The van der Waals surface area contributed by atoms with Gasteiger partial charge in [-0.25, -0.2) is 0 Å². The summed E-state index contributed by atoms with van der Waals surface area (Å²) in [5.74, 6) is 1.70. The van der Waals surface area contributed by atoms with E-state index < -0.39 is 0 Å². The highest BCUT2D eigenvalue weighted by Crippen LogP contribution is 2.44. The van der Waals surface area contributed by atoms with Crippen LogP contribution in [0.25, 0.3) is 6.08 Å². The summed E-state index contributed by atoms with van der Waals surface area (Å²) in [5.41, 5.74) is 2.13. The van der Waals surface area contributed by atoms with Gasteiger partial charge in [-0.15, -0.1) is 0 Å². The molecule has 4 heteroatoms. The predicted molar refractivity (Wildman–Crippen MR) is 83.7 cm³/mol. The molecule has 1 aliphatic rings. The second kappa shape index (κ2) is 5.56. The van der Waals surface area contributed by atoms with E-state index in [1.165, 1.54) is 7.11 Å². The van der Waals surface area contributed by atoms with E-state index in [1.54, 1.807) is 19.3 Å². The van der Waals surface area contributed by atoms with Gasteiger partial charge in [-0.1, -0.05) is 30.3 Å². The average molecular weight is 296 g/mol. The van der Waals surface area contributed by atoms with Crippen LogP contribution in [0.4, 0.5) is 0 Å². The fourth-order valence-electron chi connectivity index (χ4n) is 2.50. The zero-order valence-electron chi connectivity index (χ0n) is 12.7. The number of carbonyl (C=O) groups is 1. The van der Waals surface area contributed by atoms with Crippen LogP contribution in [0.15, 0.2) is 42.2 Å². The summed E-state index contributed by atoms with van der Waals surface area (Å²) in [6, 6.07) is 11.3. The van der Waals surface area contributed by atoms with Crippen molar-refractivity contribution in [3.8, 4) is 17.2 Å². The van der Waals surface area contributed by atoms with Gasteiger partial charge in [0.15, 0.2) is 5.76 Å². The zero-order chi connectivity index (χ0) is 15.7. The number of hydrogen-bond donors (Lipinski definition) is 0. The van der Waals surface area contributed by atoms with Crippen LogP contribution in [0.1, 0.15) is 21.5 Å². The van der Waals surface area contributed by atoms with Gasteiger partial charge >= 0.3 is 0 Å². The van der Waals surface area contributed by atoms with Crippen LogP contribution in [0, 0.1) is 6.92 Å². The number of rotatable bonds is 3. The second-order valence-corrected chi connectivity index (χ2v) is 4.96. The smallest absolute Gasteiger partial charge is 0.235 e. The molecule has 0 unspecified atom stereocenters. The van der Waals surface area contributed by atoms with E-state index >= 15 is 0 Å². The normalized spacial score (nSPS) is 14.7. The van der Waals surface area contributed by atoms with Crippen molar-refractivity contribution in [2.24, 2.45) is 0 Å². The topological polar surface area (TPSA) is 44.8 Å². The zero-order valence-corrected chi connectivity index (χ0v) is 12.7. The molecule has 2 aromatic carbocycles. The van der Waals surface area contributed by atoms with Crippen molar-refractivity contribution in [1.82, 2.24) is 0 Å². The van der Waals surface area contributed by atoms with Crippen molar-refractivity contribution in [1.29, 1.82) is 0 Å². The fraction of sp³-hybridized carbons (Fsp3) is 0.167. The Labute approximate surface area is 128 Å². The molecule has 0 radical (unpaired) electrons. The van der Waals surface area contributed by atoms with Crippen molar-refractivity contribution in [3.63, 3.8) is 0 Å². The molecular formula is C18H16O4. The highest BCUT2D eigenvalue weighted by Gasteiger charge is 2.34. The monoisotopic (exact) mass is 296 g/mol. The lowest BCUT2D eigenvalue weighted by molar-refractivity contribution is 0.101. The standard InChI is InChI=1S/C18H16O4/c1-11-13(20-2)10-14(21-3)16-17(19)15(22-18(11)16)9-12-7-5-4-6-8-12/h4-10H,1-3H3/b15-9-. The van der Waals surface area contributed by atoms with Crippen LogP contribution in [0.3, 0.4) is 0 Å². The number of fused-ring (bicyclic) bond motifs is 1. The molecule has 0 saturated carbocycles. The molecule has 2 aromatic rings. The van der Waals surface area contributed by atoms with E-state index in [0.29, 0.717) is 22.8 Å². The van der Waals surface area contributed by atoms with Crippen LogP contribution in [0.2, 0.25) is 0 Å². The highest BCUT2D eigenvalue weighted by atomic mass is 16.5. The molecule has 0 saturated heterocycles. The van der Waals surface area contributed by atoms with Gasteiger partial charge < -0.3 is 14.2 Å². The minimum absolute atomic E-state index is 0.179. The summed E-state index contributed by atoms with van der Waals surface area (Å²) in [5, 5.41) is 0. The first-order valence-electron chi connectivity index (χ1n) is 6.90. The molecule has 1 heterocycles. The summed E-state index contributed by atoms with van der Waals surface area (Å²) in [6.07, 6.45) is 1.73. The summed E-state index contributed by atoms with van der Waals surface area (Å²) < 4.78 is 16.4. The first kappa shape index (κ1) is 14.2. The van der Waals surface area contributed by atoms with Crippen LogP contribution < -0.4 is 14.2 Å². The van der Waals surface area contributed by atoms with E-state index in [-0.39, 0.29) is 11.5 Å². The summed E-state index contributed by atoms with van der Waals surface area (Å²) in [4.78, 5) is 12.6. The number of Topliss-reactive ketones (excluding diaryl/α,β-unsaturated/α-hetero) is 1. The number of carbonyl (C=O) groups excluding carboxylic acids is 1. The maximum Gasteiger partial charge on any atom is 0.235 e. The molecule has 3 rings (SSSR count). The van der Waals surface area contributed by atoms with Crippen LogP contribution in [0.5, 0.6) is 17.2 Å². The van der Waals surface area contributed by atoms with E-state index in [9.17, 15) is 4.79 Å². The largest absolute Gasteiger partial charge is 0.496 e. The SMILES string of the molecule is COc1cc(OC)c2c(c1C)O/C(=C\c1ccccc1)C2=O. The molecule has 1 aliphatic heterocycles. The van der Waals surface area contributed by atoms with E-state index in [1.807, 2.05) is 37.3 Å². The maximum absolute atomic E-state index is 12.6. The Kier molecular flexibility index (Phi) is 3.59. The van der Waals surface area contributed by atoms with Crippen molar-refractivity contribution in [2.45, 2.75) is 6.92 Å². The molecule has 0 spiro atoms. The first-order valence-corrected chi connectivity index (χ1v) is 6.90. The van der Waals surface area contributed by atoms with Gasteiger partial charge in [-0.2, -0.15) is 0 Å². The number of ketones is 1. The lowest BCUT2D eigenvalue weighted by atomic mass is 10.0. The average Bonchev–Trinajstić information content (AvgIpc) is 2.87.